The molecule has 0 spiro atoms. The largest absolute Gasteiger partial charge is 0.327 e. The van der Waals surface area contributed by atoms with Crippen molar-refractivity contribution in [2.45, 2.75) is 63.4 Å². The van der Waals surface area contributed by atoms with E-state index in [9.17, 15) is 0 Å². The van der Waals surface area contributed by atoms with Crippen LogP contribution in [0.3, 0.4) is 0 Å². The monoisotopic (exact) mass is 282 g/mol. The van der Waals surface area contributed by atoms with Gasteiger partial charge >= 0.3 is 0 Å². The molecule has 19 heavy (non-hydrogen) atoms. The van der Waals surface area contributed by atoms with Gasteiger partial charge in [-0.3, -0.25) is 0 Å². The zero-order valence-electron chi connectivity index (χ0n) is 12.7. The second kappa shape index (κ2) is 5.44. The first-order valence-corrected chi connectivity index (χ1v) is 7.95. The van der Waals surface area contributed by atoms with E-state index in [-0.39, 0.29) is 6.04 Å². The number of hydrogen-bond acceptors (Lipinski definition) is 4. The number of rotatable bonds is 2. The highest BCUT2D eigenvalue weighted by molar-refractivity contribution is 7.99. The van der Waals surface area contributed by atoms with Crippen LogP contribution in [0.15, 0.2) is 5.16 Å². The molecule has 1 aliphatic carbocycles. The van der Waals surface area contributed by atoms with Crippen LogP contribution < -0.4 is 5.73 Å². The van der Waals surface area contributed by atoms with Crippen LogP contribution in [0.5, 0.6) is 0 Å². The highest BCUT2D eigenvalue weighted by atomic mass is 32.2. The lowest BCUT2D eigenvalue weighted by Crippen LogP contribution is -2.41. The number of aromatic nitrogens is 3. The summed E-state index contributed by atoms with van der Waals surface area (Å²) in [6.45, 7) is 8.99. The first kappa shape index (κ1) is 14.9. The summed E-state index contributed by atoms with van der Waals surface area (Å²) in [4.78, 5) is 0. The maximum atomic E-state index is 6.31. The van der Waals surface area contributed by atoms with Crippen molar-refractivity contribution in [1.82, 2.24) is 14.8 Å². The molecule has 3 atom stereocenters. The van der Waals surface area contributed by atoms with E-state index in [1.807, 2.05) is 14.0 Å². The average Bonchev–Trinajstić information content (AvgIpc) is 2.62. The topological polar surface area (TPSA) is 56.7 Å². The van der Waals surface area contributed by atoms with E-state index in [1.165, 1.54) is 12.8 Å². The van der Waals surface area contributed by atoms with Crippen molar-refractivity contribution in [3.05, 3.63) is 5.82 Å². The third-order valence-electron chi connectivity index (χ3n) is 4.38. The van der Waals surface area contributed by atoms with Gasteiger partial charge in [0.05, 0.1) is 0 Å². The number of aryl methyl sites for hydroxylation is 1. The molecule has 1 aromatic heterocycles. The molecule has 4 nitrogen and oxygen atoms in total. The molecule has 2 rings (SSSR count). The molecule has 3 unspecified atom stereocenters. The lowest BCUT2D eigenvalue weighted by molar-refractivity contribution is 0.174. The van der Waals surface area contributed by atoms with Gasteiger partial charge in [-0.25, -0.2) is 0 Å². The van der Waals surface area contributed by atoms with E-state index in [4.69, 9.17) is 5.73 Å². The molecule has 0 aliphatic heterocycles. The van der Waals surface area contributed by atoms with Gasteiger partial charge in [0.15, 0.2) is 5.16 Å². The van der Waals surface area contributed by atoms with Crippen molar-refractivity contribution in [1.29, 1.82) is 0 Å². The molecule has 1 fully saturated rings. The highest BCUT2D eigenvalue weighted by Gasteiger charge is 2.35. The van der Waals surface area contributed by atoms with Crippen molar-refractivity contribution in [2.75, 3.05) is 0 Å². The van der Waals surface area contributed by atoms with Gasteiger partial charge in [-0.05, 0) is 37.5 Å². The van der Waals surface area contributed by atoms with Crippen molar-refractivity contribution >= 4 is 11.8 Å². The van der Waals surface area contributed by atoms with Gasteiger partial charge in [-0.1, -0.05) is 32.5 Å². The zero-order valence-corrected chi connectivity index (χ0v) is 13.5. The van der Waals surface area contributed by atoms with Gasteiger partial charge in [0.25, 0.3) is 0 Å². The Morgan fingerprint density at radius 3 is 2.47 bits per heavy atom. The van der Waals surface area contributed by atoms with E-state index in [1.54, 1.807) is 11.8 Å². The maximum absolute atomic E-state index is 6.31. The summed E-state index contributed by atoms with van der Waals surface area (Å²) >= 11 is 1.80. The summed E-state index contributed by atoms with van der Waals surface area (Å²) in [5.41, 5.74) is 6.68. The molecule has 5 heteroatoms. The summed E-state index contributed by atoms with van der Waals surface area (Å²) in [5.74, 6) is 1.71. The fourth-order valence-corrected chi connectivity index (χ4v) is 3.99. The SMILES string of the molecule is Cc1nnc(SC2CC(C(C)(C)C)CCC2N)n1C. The van der Waals surface area contributed by atoms with Crippen molar-refractivity contribution in [2.24, 2.45) is 24.1 Å². The Bertz CT molecular complexity index is 435. The molecule has 0 aromatic carbocycles. The predicted octanol–water partition coefficient (Wildman–Crippen LogP) is 2.76. The Balaban J connectivity index is 2.08. The third kappa shape index (κ3) is 3.31. The predicted molar refractivity (Wildman–Crippen MR) is 80.2 cm³/mol. The van der Waals surface area contributed by atoms with E-state index in [0.29, 0.717) is 10.7 Å². The molecule has 108 valence electrons. The number of nitrogens with zero attached hydrogens (tertiary/aromatic N) is 3. The number of nitrogens with two attached hydrogens (primary N) is 1. The van der Waals surface area contributed by atoms with E-state index < -0.39 is 0 Å². The van der Waals surface area contributed by atoms with Crippen LogP contribution in [-0.2, 0) is 7.05 Å². The van der Waals surface area contributed by atoms with Gasteiger partial charge < -0.3 is 10.3 Å². The molecule has 1 heterocycles. The average molecular weight is 282 g/mol. The van der Waals surface area contributed by atoms with Crippen LogP contribution in [0.4, 0.5) is 0 Å². The first-order chi connectivity index (χ1) is 8.79. The lowest BCUT2D eigenvalue weighted by atomic mass is 9.71. The summed E-state index contributed by atoms with van der Waals surface area (Å²) in [7, 11) is 2.02. The summed E-state index contributed by atoms with van der Waals surface area (Å²) in [5, 5.41) is 9.83. The Morgan fingerprint density at radius 1 is 1.26 bits per heavy atom. The maximum Gasteiger partial charge on any atom is 0.191 e. The molecular formula is C14H26N4S. The molecule has 0 amide bonds. The van der Waals surface area contributed by atoms with Crippen LogP contribution in [0.1, 0.15) is 45.9 Å². The van der Waals surface area contributed by atoms with Crippen LogP contribution in [-0.4, -0.2) is 26.1 Å². The number of thioether (sulfide) groups is 1. The van der Waals surface area contributed by atoms with Crippen LogP contribution in [0, 0.1) is 18.3 Å². The number of hydrogen-bond donors (Lipinski definition) is 1. The summed E-state index contributed by atoms with van der Waals surface area (Å²) in [6, 6.07) is 0.278. The highest BCUT2D eigenvalue weighted by Crippen LogP contribution is 2.42. The van der Waals surface area contributed by atoms with E-state index in [0.717, 1.165) is 23.3 Å². The van der Waals surface area contributed by atoms with Gasteiger partial charge in [0.1, 0.15) is 5.82 Å². The summed E-state index contributed by atoms with van der Waals surface area (Å²) in [6.07, 6.45) is 3.55. The molecular weight excluding hydrogens is 256 g/mol. The van der Waals surface area contributed by atoms with Gasteiger partial charge in [0.2, 0.25) is 0 Å². The molecule has 1 aliphatic rings. The second-order valence-corrected chi connectivity index (χ2v) is 7.99. The molecule has 0 saturated heterocycles. The molecule has 0 bridgehead atoms. The smallest absolute Gasteiger partial charge is 0.191 e. The van der Waals surface area contributed by atoms with E-state index >= 15 is 0 Å². The first-order valence-electron chi connectivity index (χ1n) is 7.07. The Morgan fingerprint density at radius 2 is 1.95 bits per heavy atom. The van der Waals surface area contributed by atoms with Crippen LogP contribution >= 0.6 is 11.8 Å². The Kier molecular flexibility index (Phi) is 4.26. The standard InChI is InChI=1S/C14H26N4S/c1-9-16-17-13(18(9)5)19-12-8-10(14(2,3)4)6-7-11(12)15/h10-12H,6-8,15H2,1-5H3. The fraction of sp³-hybridized carbons (Fsp3) is 0.857. The Hall–Kier alpha value is -0.550. The van der Waals surface area contributed by atoms with Crippen LogP contribution in [0.2, 0.25) is 0 Å². The molecule has 1 aromatic rings. The summed E-state index contributed by atoms with van der Waals surface area (Å²) < 4.78 is 2.05. The molecule has 1 saturated carbocycles. The second-order valence-electron chi connectivity index (χ2n) is 6.78. The fourth-order valence-electron chi connectivity index (χ4n) is 2.70. The van der Waals surface area contributed by atoms with Crippen molar-refractivity contribution in [3.8, 4) is 0 Å². The third-order valence-corrected chi connectivity index (χ3v) is 5.79. The lowest BCUT2D eigenvalue weighted by Gasteiger charge is -2.40. The Labute approximate surface area is 120 Å². The van der Waals surface area contributed by atoms with E-state index in [2.05, 4.69) is 35.5 Å². The quantitative estimate of drug-likeness (QED) is 0.906. The van der Waals surface area contributed by atoms with Gasteiger partial charge in [0, 0.05) is 18.3 Å². The zero-order chi connectivity index (χ0) is 14.2. The van der Waals surface area contributed by atoms with Crippen molar-refractivity contribution in [3.63, 3.8) is 0 Å². The normalized spacial score (nSPS) is 28.6. The molecule has 0 radical (unpaired) electrons. The minimum atomic E-state index is 0.278. The minimum Gasteiger partial charge on any atom is -0.327 e. The minimum absolute atomic E-state index is 0.278. The van der Waals surface area contributed by atoms with Gasteiger partial charge in [-0.2, -0.15) is 0 Å². The van der Waals surface area contributed by atoms with Gasteiger partial charge in [-0.15, -0.1) is 10.2 Å². The molecule has 2 N–H and O–H groups in total. The van der Waals surface area contributed by atoms with Crippen molar-refractivity contribution < 1.29 is 0 Å². The van der Waals surface area contributed by atoms with Crippen LogP contribution in [0.25, 0.3) is 0 Å².